The number of sulfonamides is 1. The number of hydrogen-bond donors (Lipinski definition) is 3. The maximum absolute atomic E-state index is 15.4. The molecule has 0 fully saturated rings. The van der Waals surface area contributed by atoms with Crippen molar-refractivity contribution in [1.82, 2.24) is 20.2 Å². The highest BCUT2D eigenvalue weighted by atomic mass is 35.5. The van der Waals surface area contributed by atoms with E-state index in [-0.39, 0.29) is 15.4 Å². The molecule has 0 aliphatic rings. The van der Waals surface area contributed by atoms with Crippen molar-refractivity contribution in [2.75, 3.05) is 4.72 Å². The van der Waals surface area contributed by atoms with E-state index >= 15 is 8.78 Å². The lowest BCUT2D eigenvalue weighted by atomic mass is 10.0. The molecule has 3 N–H and O–H groups in total. The summed E-state index contributed by atoms with van der Waals surface area (Å²) >= 11 is 5.84. The molecule has 0 saturated carbocycles. The average molecular weight is 504 g/mol. The molecule has 0 spiro atoms. The average Bonchev–Trinajstić information content (AvgIpc) is 3.47. The predicted molar refractivity (Wildman–Crippen MR) is 121 cm³/mol. The van der Waals surface area contributed by atoms with Gasteiger partial charge < -0.3 is 4.98 Å². The van der Waals surface area contributed by atoms with Crippen molar-refractivity contribution in [1.29, 1.82) is 0 Å². The van der Waals surface area contributed by atoms with Crippen molar-refractivity contribution in [3.8, 4) is 22.6 Å². The summed E-state index contributed by atoms with van der Waals surface area (Å²) < 4.78 is 72.8. The lowest BCUT2D eigenvalue weighted by Crippen LogP contribution is -2.14. The van der Waals surface area contributed by atoms with Gasteiger partial charge in [-0.15, -0.1) is 0 Å². The second-order valence-electron chi connectivity index (χ2n) is 7.21. The van der Waals surface area contributed by atoms with Gasteiger partial charge in [0, 0.05) is 28.4 Å². The molecule has 3 aromatic carbocycles. The van der Waals surface area contributed by atoms with Crippen molar-refractivity contribution in [2.24, 2.45) is 0 Å². The molecule has 172 valence electrons. The summed E-state index contributed by atoms with van der Waals surface area (Å²) in [6.45, 7) is 0. The Morgan fingerprint density at radius 1 is 1.00 bits per heavy atom. The SMILES string of the molecule is O=S(=O)(Nc1ccc(F)c(-c2ccc3c(-c4ncc[nH]4)n[nH]c3c2F)c1F)c1cccc(Cl)c1. The summed E-state index contributed by atoms with van der Waals surface area (Å²) in [4.78, 5) is 6.70. The fraction of sp³-hybridized carbons (Fsp3) is 0. The molecule has 2 aromatic heterocycles. The van der Waals surface area contributed by atoms with E-state index in [0.717, 1.165) is 12.1 Å². The molecule has 12 heteroatoms. The first-order chi connectivity index (χ1) is 16.3. The molecule has 34 heavy (non-hydrogen) atoms. The third-order valence-electron chi connectivity index (χ3n) is 5.11. The molecular formula is C22H13ClF3N5O2S. The fourth-order valence-corrected chi connectivity index (χ4v) is 4.90. The zero-order chi connectivity index (χ0) is 24.0. The summed E-state index contributed by atoms with van der Waals surface area (Å²) in [5.41, 5.74) is -1.47. The highest BCUT2D eigenvalue weighted by Crippen LogP contribution is 2.37. The van der Waals surface area contributed by atoms with E-state index in [1.807, 2.05) is 0 Å². The van der Waals surface area contributed by atoms with Crippen LogP contribution in [0.25, 0.3) is 33.5 Å². The third-order valence-corrected chi connectivity index (χ3v) is 6.71. The molecule has 0 saturated heterocycles. The standard InChI is InChI=1S/C22H13ClF3N5O2S/c23-11-2-1-3-12(10-11)34(32,33)31-16-7-6-15(24)17(19(16)26)13-4-5-14-20(18(13)25)29-30-21(14)22-27-8-9-28-22/h1-10,31H,(H,27,28)(H,29,30). The van der Waals surface area contributed by atoms with Crippen molar-refractivity contribution in [3.05, 3.63) is 83.4 Å². The molecule has 0 unspecified atom stereocenters. The van der Waals surface area contributed by atoms with Crippen LogP contribution < -0.4 is 4.72 Å². The van der Waals surface area contributed by atoms with Crippen LogP contribution in [0.4, 0.5) is 18.9 Å². The molecule has 7 nitrogen and oxygen atoms in total. The van der Waals surface area contributed by atoms with Crippen LogP contribution in [0, 0.1) is 17.5 Å². The molecule has 0 amide bonds. The predicted octanol–water partition coefficient (Wildman–Crippen LogP) is 5.49. The van der Waals surface area contributed by atoms with Crippen LogP contribution in [-0.4, -0.2) is 28.6 Å². The van der Waals surface area contributed by atoms with Gasteiger partial charge in [-0.05, 0) is 36.4 Å². The van der Waals surface area contributed by atoms with Crippen molar-refractivity contribution in [3.63, 3.8) is 0 Å². The fourth-order valence-electron chi connectivity index (χ4n) is 3.54. The molecule has 2 heterocycles. The third kappa shape index (κ3) is 3.68. The minimum Gasteiger partial charge on any atom is -0.343 e. The number of rotatable bonds is 5. The molecular weight excluding hydrogens is 491 g/mol. The van der Waals surface area contributed by atoms with E-state index < -0.39 is 44.3 Å². The van der Waals surface area contributed by atoms with Crippen LogP contribution in [0.15, 0.2) is 65.8 Å². The van der Waals surface area contributed by atoms with Crippen molar-refractivity contribution < 1.29 is 21.6 Å². The van der Waals surface area contributed by atoms with Crippen LogP contribution in [0.1, 0.15) is 0 Å². The molecule has 5 rings (SSSR count). The van der Waals surface area contributed by atoms with Gasteiger partial charge in [0.2, 0.25) is 0 Å². The van der Waals surface area contributed by atoms with Gasteiger partial charge >= 0.3 is 0 Å². The van der Waals surface area contributed by atoms with Crippen LogP contribution in [0.5, 0.6) is 0 Å². The smallest absolute Gasteiger partial charge is 0.262 e. The Balaban J connectivity index is 1.60. The number of imidazole rings is 1. The van der Waals surface area contributed by atoms with E-state index in [9.17, 15) is 12.8 Å². The largest absolute Gasteiger partial charge is 0.343 e. The first-order valence-electron chi connectivity index (χ1n) is 9.69. The van der Waals surface area contributed by atoms with Gasteiger partial charge in [-0.25, -0.2) is 26.6 Å². The molecule has 5 aromatic rings. The summed E-state index contributed by atoms with van der Waals surface area (Å²) in [5, 5.41) is 7.06. The first kappa shape index (κ1) is 22.0. The van der Waals surface area contributed by atoms with Gasteiger partial charge in [0.25, 0.3) is 10.0 Å². The Morgan fingerprint density at radius 2 is 1.82 bits per heavy atom. The summed E-state index contributed by atoms with van der Waals surface area (Å²) in [6.07, 6.45) is 3.07. The number of aromatic amines is 2. The quantitative estimate of drug-likeness (QED) is 0.295. The molecule has 0 aliphatic carbocycles. The second kappa shape index (κ2) is 8.19. The Bertz CT molecular complexity index is 1650. The number of aromatic nitrogens is 4. The number of anilines is 1. The number of fused-ring (bicyclic) bond motifs is 1. The van der Waals surface area contributed by atoms with Crippen LogP contribution in [-0.2, 0) is 10.0 Å². The van der Waals surface area contributed by atoms with E-state index in [1.165, 1.54) is 42.6 Å². The Hall–Kier alpha value is -3.83. The number of hydrogen-bond acceptors (Lipinski definition) is 4. The van der Waals surface area contributed by atoms with E-state index in [2.05, 4.69) is 24.9 Å². The molecule has 0 atom stereocenters. The highest BCUT2D eigenvalue weighted by molar-refractivity contribution is 7.92. The van der Waals surface area contributed by atoms with Gasteiger partial charge in [-0.1, -0.05) is 23.7 Å². The molecule has 0 radical (unpaired) electrons. The van der Waals surface area contributed by atoms with Gasteiger partial charge in [-0.2, -0.15) is 5.10 Å². The maximum Gasteiger partial charge on any atom is 0.262 e. The second-order valence-corrected chi connectivity index (χ2v) is 9.33. The van der Waals surface area contributed by atoms with Crippen molar-refractivity contribution >= 4 is 38.2 Å². The summed E-state index contributed by atoms with van der Waals surface area (Å²) in [7, 11) is -4.25. The molecule has 0 aliphatic heterocycles. The number of nitrogens with one attached hydrogen (secondary N) is 3. The van der Waals surface area contributed by atoms with Crippen LogP contribution in [0.2, 0.25) is 5.02 Å². The number of halogens is 4. The summed E-state index contributed by atoms with van der Waals surface area (Å²) in [6, 6.07) is 9.72. The van der Waals surface area contributed by atoms with Gasteiger partial charge in [-0.3, -0.25) is 9.82 Å². The van der Waals surface area contributed by atoms with Crippen LogP contribution >= 0.6 is 11.6 Å². The van der Waals surface area contributed by atoms with E-state index in [0.29, 0.717) is 16.9 Å². The van der Waals surface area contributed by atoms with Crippen molar-refractivity contribution in [2.45, 2.75) is 4.90 Å². The monoisotopic (exact) mass is 503 g/mol. The van der Waals surface area contributed by atoms with Gasteiger partial charge in [0.05, 0.1) is 16.1 Å². The lowest BCUT2D eigenvalue weighted by Gasteiger charge is -2.13. The molecule has 0 bridgehead atoms. The zero-order valence-corrected chi connectivity index (χ0v) is 18.5. The first-order valence-corrected chi connectivity index (χ1v) is 11.6. The van der Waals surface area contributed by atoms with Crippen LogP contribution in [0.3, 0.4) is 0 Å². The number of H-pyrrole nitrogens is 2. The maximum atomic E-state index is 15.4. The normalized spacial score (nSPS) is 11.8. The Kier molecular flexibility index (Phi) is 5.29. The van der Waals surface area contributed by atoms with Gasteiger partial charge in [0.1, 0.15) is 17.0 Å². The zero-order valence-electron chi connectivity index (χ0n) is 16.9. The lowest BCUT2D eigenvalue weighted by molar-refractivity contribution is 0.583. The minimum absolute atomic E-state index is 0.0902. The number of benzene rings is 3. The van der Waals surface area contributed by atoms with Gasteiger partial charge in [0.15, 0.2) is 17.5 Å². The number of nitrogens with zero attached hydrogens (tertiary/aromatic N) is 2. The topological polar surface area (TPSA) is 104 Å². The highest BCUT2D eigenvalue weighted by Gasteiger charge is 2.24. The van der Waals surface area contributed by atoms with E-state index in [4.69, 9.17) is 11.6 Å². The Morgan fingerprint density at radius 3 is 2.56 bits per heavy atom. The Labute approximate surface area is 195 Å². The summed E-state index contributed by atoms with van der Waals surface area (Å²) in [5.74, 6) is -2.94. The van der Waals surface area contributed by atoms with E-state index in [1.54, 1.807) is 6.20 Å². The minimum atomic E-state index is -4.25.